The van der Waals surface area contributed by atoms with Gasteiger partial charge < -0.3 is 25.8 Å². The molecule has 1 fully saturated rings. The first-order valence-corrected chi connectivity index (χ1v) is 19.8. The number of hydrogen-bond acceptors (Lipinski definition) is 5. The van der Waals surface area contributed by atoms with Crippen molar-refractivity contribution in [1.82, 2.24) is 15.5 Å². The van der Waals surface area contributed by atoms with Crippen molar-refractivity contribution < 1.29 is 19.2 Å². The molecule has 0 spiro atoms. The van der Waals surface area contributed by atoms with E-state index >= 15 is 0 Å². The minimum Gasteiger partial charge on any atom is -0.342 e. The van der Waals surface area contributed by atoms with Crippen LogP contribution in [-0.4, -0.2) is 66.8 Å². The second-order valence-corrected chi connectivity index (χ2v) is 15.9. The van der Waals surface area contributed by atoms with Crippen LogP contribution < -0.4 is 20.9 Å². The number of anilines is 2. The second kappa shape index (κ2) is 19.0. The molecule has 9 heteroatoms. The van der Waals surface area contributed by atoms with Crippen molar-refractivity contribution in [1.29, 1.82) is 0 Å². The Labute approximate surface area is 321 Å². The van der Waals surface area contributed by atoms with Gasteiger partial charge in [-0.3, -0.25) is 19.2 Å². The summed E-state index contributed by atoms with van der Waals surface area (Å²) in [5, 5.41) is 13.4. The lowest BCUT2D eigenvalue weighted by Crippen LogP contribution is -2.59. The number of likely N-dealkylation sites (tertiary alicyclic amines) is 1. The van der Waals surface area contributed by atoms with E-state index in [0.717, 1.165) is 84.3 Å². The Morgan fingerprint density at radius 2 is 1.37 bits per heavy atom. The SMILES string of the molecule is CN[C@@H](C)C(=O)N[C@H](C(=O)N1CCC[C@H]1CN(C(=O)CCCCCCCCC(=O)Nc1ccc2ccccc2c1)c1ccc2ccccc2c1)C(C)(C)C. The van der Waals surface area contributed by atoms with Gasteiger partial charge in [-0.25, -0.2) is 0 Å². The fourth-order valence-electron chi connectivity index (χ4n) is 7.33. The highest BCUT2D eigenvalue weighted by Gasteiger charge is 2.41. The van der Waals surface area contributed by atoms with E-state index < -0.39 is 17.5 Å². The van der Waals surface area contributed by atoms with Gasteiger partial charge in [-0.15, -0.1) is 0 Å². The van der Waals surface area contributed by atoms with Gasteiger partial charge in [-0.2, -0.15) is 0 Å². The van der Waals surface area contributed by atoms with Crippen LogP contribution in [0.4, 0.5) is 11.4 Å². The number of benzene rings is 4. The quantitative estimate of drug-likeness (QED) is 0.0948. The molecule has 0 aliphatic carbocycles. The third kappa shape index (κ3) is 10.9. The zero-order chi connectivity index (χ0) is 38.7. The molecule has 0 bridgehead atoms. The van der Waals surface area contributed by atoms with Crippen molar-refractivity contribution >= 4 is 56.5 Å². The molecule has 9 nitrogen and oxygen atoms in total. The summed E-state index contributed by atoms with van der Waals surface area (Å²) in [4.78, 5) is 57.4. The number of likely N-dealkylation sites (N-methyl/N-ethyl adjacent to an activating group) is 1. The summed E-state index contributed by atoms with van der Waals surface area (Å²) in [5.41, 5.74) is 1.17. The predicted octanol–water partition coefficient (Wildman–Crippen LogP) is 8.22. The van der Waals surface area contributed by atoms with Crippen molar-refractivity contribution in [2.45, 2.75) is 110 Å². The highest BCUT2D eigenvalue weighted by atomic mass is 16.2. The van der Waals surface area contributed by atoms with Crippen molar-refractivity contribution in [3.8, 4) is 0 Å². The Morgan fingerprint density at radius 1 is 0.778 bits per heavy atom. The molecule has 0 aromatic heterocycles. The van der Waals surface area contributed by atoms with Gasteiger partial charge in [0.1, 0.15) is 6.04 Å². The fourth-order valence-corrected chi connectivity index (χ4v) is 7.33. The average Bonchev–Trinajstić information content (AvgIpc) is 3.64. The first kappa shape index (κ1) is 40.4. The summed E-state index contributed by atoms with van der Waals surface area (Å²) >= 11 is 0. The zero-order valence-electron chi connectivity index (χ0n) is 32.8. The summed E-state index contributed by atoms with van der Waals surface area (Å²) in [5.74, 6) is -0.219. The van der Waals surface area contributed by atoms with Crippen LogP contribution in [0.1, 0.15) is 91.9 Å². The molecule has 1 saturated heterocycles. The number of nitrogens with zero attached hydrogens (tertiary/aromatic N) is 2. The minimum atomic E-state index is -0.690. The van der Waals surface area contributed by atoms with Crippen molar-refractivity contribution in [2.24, 2.45) is 5.41 Å². The van der Waals surface area contributed by atoms with E-state index in [0.29, 0.717) is 25.9 Å². The molecule has 288 valence electrons. The summed E-state index contributed by atoms with van der Waals surface area (Å²) in [6.45, 7) is 8.70. The molecule has 1 aliphatic rings. The molecule has 1 heterocycles. The summed E-state index contributed by atoms with van der Waals surface area (Å²) in [6.07, 6.45) is 8.09. The van der Waals surface area contributed by atoms with Gasteiger partial charge in [0.05, 0.1) is 6.04 Å². The van der Waals surface area contributed by atoms with Crippen molar-refractivity contribution in [3.05, 3.63) is 84.9 Å². The van der Waals surface area contributed by atoms with Crippen LogP contribution in [0.3, 0.4) is 0 Å². The van der Waals surface area contributed by atoms with Crippen LogP contribution in [0, 0.1) is 5.41 Å². The van der Waals surface area contributed by atoms with Gasteiger partial charge >= 0.3 is 0 Å². The number of unbranched alkanes of at least 4 members (excludes halogenated alkanes) is 5. The highest BCUT2D eigenvalue weighted by molar-refractivity contribution is 5.97. The molecule has 0 saturated carbocycles. The van der Waals surface area contributed by atoms with E-state index in [1.807, 2.05) is 85.2 Å². The van der Waals surface area contributed by atoms with Gasteiger partial charge in [0.25, 0.3) is 0 Å². The number of nitrogens with one attached hydrogen (secondary N) is 3. The van der Waals surface area contributed by atoms with Crippen LogP contribution in [0.25, 0.3) is 21.5 Å². The van der Waals surface area contributed by atoms with Gasteiger partial charge in [0, 0.05) is 43.3 Å². The molecule has 1 aliphatic heterocycles. The maximum Gasteiger partial charge on any atom is 0.246 e. The van der Waals surface area contributed by atoms with Crippen LogP contribution in [0.2, 0.25) is 0 Å². The van der Waals surface area contributed by atoms with E-state index in [2.05, 4.69) is 46.3 Å². The Kier molecular flexibility index (Phi) is 14.2. The Bertz CT molecular complexity index is 1900. The van der Waals surface area contributed by atoms with Gasteiger partial charge in [0.15, 0.2) is 0 Å². The number of carbonyl (C=O) groups is 4. The normalized spacial score (nSPS) is 15.6. The van der Waals surface area contributed by atoms with Gasteiger partial charge in [0.2, 0.25) is 23.6 Å². The molecule has 3 atom stereocenters. The first-order valence-electron chi connectivity index (χ1n) is 19.8. The molecule has 0 radical (unpaired) electrons. The van der Waals surface area contributed by atoms with Crippen molar-refractivity contribution in [2.75, 3.05) is 30.4 Å². The monoisotopic (exact) mass is 733 g/mol. The molecule has 3 N–H and O–H groups in total. The Hall–Kier alpha value is -4.76. The van der Waals surface area contributed by atoms with Crippen LogP contribution >= 0.6 is 0 Å². The lowest BCUT2D eigenvalue weighted by molar-refractivity contribution is -0.140. The molecule has 4 aromatic rings. The third-order valence-electron chi connectivity index (χ3n) is 10.7. The second-order valence-electron chi connectivity index (χ2n) is 15.9. The van der Waals surface area contributed by atoms with E-state index in [1.165, 1.54) is 0 Å². The van der Waals surface area contributed by atoms with Gasteiger partial charge in [-0.1, -0.05) is 107 Å². The average molecular weight is 734 g/mol. The number of amides is 4. The molecule has 54 heavy (non-hydrogen) atoms. The number of rotatable bonds is 17. The van der Waals surface area contributed by atoms with Gasteiger partial charge in [-0.05, 0) is 90.9 Å². The maximum atomic E-state index is 14.2. The van der Waals surface area contributed by atoms with E-state index in [1.54, 1.807) is 14.0 Å². The van der Waals surface area contributed by atoms with Crippen LogP contribution in [0.15, 0.2) is 84.9 Å². The third-order valence-corrected chi connectivity index (χ3v) is 10.7. The summed E-state index contributed by atoms with van der Waals surface area (Å²) in [7, 11) is 1.73. The molecule has 4 aromatic carbocycles. The molecule has 0 unspecified atom stereocenters. The fraction of sp³-hybridized carbons (Fsp3) is 0.467. The standard InChI is InChI=1S/C45H59N5O4/c1-32(46-5)43(53)48-42(45(2,3)4)44(54)49-28-16-21-39(49)31-50(38-27-25-34-18-13-15-20-36(34)30-38)41(52)23-11-9-7-6-8-10-22-40(51)47-37-26-24-33-17-12-14-19-35(33)29-37/h12-15,17-20,24-27,29-30,32,39,42,46H,6-11,16,21-23,28,31H2,1-5H3,(H,47,51)(H,48,53)/t32-,39-,42+/m0/s1. The summed E-state index contributed by atoms with van der Waals surface area (Å²) in [6, 6.07) is 27.1. The topological polar surface area (TPSA) is 111 Å². The smallest absolute Gasteiger partial charge is 0.246 e. The molecule has 4 amide bonds. The predicted molar refractivity (Wildman–Crippen MR) is 220 cm³/mol. The van der Waals surface area contributed by atoms with E-state index in [-0.39, 0.29) is 29.7 Å². The summed E-state index contributed by atoms with van der Waals surface area (Å²) < 4.78 is 0. The molecular formula is C45H59N5O4. The highest BCUT2D eigenvalue weighted by Crippen LogP contribution is 2.29. The number of carbonyl (C=O) groups excluding carboxylic acids is 4. The van der Waals surface area contributed by atoms with E-state index in [4.69, 9.17) is 0 Å². The van der Waals surface area contributed by atoms with E-state index in [9.17, 15) is 19.2 Å². The van der Waals surface area contributed by atoms with Crippen LogP contribution in [-0.2, 0) is 19.2 Å². The zero-order valence-corrected chi connectivity index (χ0v) is 32.8. The Balaban J connectivity index is 1.14. The van der Waals surface area contributed by atoms with Crippen LogP contribution in [0.5, 0.6) is 0 Å². The number of fused-ring (bicyclic) bond motifs is 2. The molecule has 5 rings (SSSR count). The lowest BCUT2D eigenvalue weighted by Gasteiger charge is -2.37. The minimum absolute atomic E-state index is 0.0364. The lowest BCUT2D eigenvalue weighted by atomic mass is 9.85. The molecular weight excluding hydrogens is 675 g/mol. The maximum absolute atomic E-state index is 14.2. The first-order chi connectivity index (χ1) is 25.9. The largest absolute Gasteiger partial charge is 0.342 e. The number of hydrogen-bond donors (Lipinski definition) is 3. The Morgan fingerprint density at radius 3 is 2.02 bits per heavy atom. The van der Waals surface area contributed by atoms with Crippen molar-refractivity contribution in [3.63, 3.8) is 0 Å².